The molecular formula is C25H24F4N4O4. The van der Waals surface area contributed by atoms with Crippen LogP contribution in [0.15, 0.2) is 59.5 Å². The number of likely N-dealkylation sites (tertiary alicyclic amines) is 1. The first-order chi connectivity index (χ1) is 17.6. The average Bonchev–Trinajstić information content (AvgIpc) is 3.53. The number of carbonyl (C=O) groups is 1. The molecule has 196 valence electrons. The van der Waals surface area contributed by atoms with E-state index in [2.05, 4.69) is 4.90 Å². The number of aliphatic carboxylic acids is 1. The largest absolute Gasteiger partial charge is 0.496 e. The first-order valence-corrected chi connectivity index (χ1v) is 11.4. The van der Waals surface area contributed by atoms with Crippen molar-refractivity contribution in [3.63, 3.8) is 0 Å². The van der Waals surface area contributed by atoms with Gasteiger partial charge >= 0.3 is 12.1 Å². The first kappa shape index (κ1) is 26.1. The van der Waals surface area contributed by atoms with Crippen LogP contribution in [0, 0.1) is 5.82 Å². The van der Waals surface area contributed by atoms with E-state index < -0.39 is 12.1 Å². The summed E-state index contributed by atoms with van der Waals surface area (Å²) in [5, 5.41) is 11.9. The van der Waals surface area contributed by atoms with Crippen LogP contribution in [0.2, 0.25) is 0 Å². The summed E-state index contributed by atoms with van der Waals surface area (Å²) in [6.07, 6.45) is 2.50. The van der Waals surface area contributed by atoms with E-state index in [-0.39, 0.29) is 11.7 Å². The van der Waals surface area contributed by atoms with Gasteiger partial charge in [-0.25, -0.2) is 18.7 Å². The molecule has 37 heavy (non-hydrogen) atoms. The van der Waals surface area contributed by atoms with Gasteiger partial charge in [0.2, 0.25) is 0 Å². The minimum absolute atomic E-state index is 0.290. The van der Waals surface area contributed by atoms with Gasteiger partial charge in [0.15, 0.2) is 11.5 Å². The fourth-order valence-corrected chi connectivity index (χ4v) is 4.19. The number of nitrogens with zero attached hydrogens (tertiary/aromatic N) is 4. The molecule has 4 aromatic rings. The van der Waals surface area contributed by atoms with Gasteiger partial charge in [0.1, 0.15) is 11.6 Å². The summed E-state index contributed by atoms with van der Waals surface area (Å²) >= 11 is 0. The number of ether oxygens (including phenoxy) is 1. The van der Waals surface area contributed by atoms with Gasteiger partial charge in [-0.15, -0.1) is 0 Å². The predicted octanol–water partition coefficient (Wildman–Crippen LogP) is 5.15. The molecule has 1 fully saturated rings. The third kappa shape index (κ3) is 6.45. The molecule has 0 radical (unpaired) electrons. The van der Waals surface area contributed by atoms with E-state index >= 15 is 0 Å². The van der Waals surface area contributed by atoms with Gasteiger partial charge in [0.05, 0.1) is 19.6 Å². The number of furan rings is 1. The van der Waals surface area contributed by atoms with Crippen LogP contribution in [0.3, 0.4) is 0 Å². The summed E-state index contributed by atoms with van der Waals surface area (Å²) in [5.41, 5.74) is 3.50. The maximum Gasteiger partial charge on any atom is 0.490 e. The second kappa shape index (κ2) is 11.0. The number of hydrogen-bond donors (Lipinski definition) is 1. The van der Waals surface area contributed by atoms with Crippen LogP contribution in [-0.4, -0.2) is 56.9 Å². The van der Waals surface area contributed by atoms with Crippen molar-refractivity contribution in [2.75, 3.05) is 20.2 Å². The Hall–Kier alpha value is -3.93. The second-order valence-electron chi connectivity index (χ2n) is 8.54. The van der Waals surface area contributed by atoms with E-state index in [0.29, 0.717) is 11.3 Å². The minimum atomic E-state index is -5.08. The normalized spacial score (nSPS) is 16.3. The quantitative estimate of drug-likeness (QED) is 0.364. The fraction of sp³-hybridized carbons (Fsp3) is 0.320. The lowest BCUT2D eigenvalue weighted by Crippen LogP contribution is -2.34. The lowest BCUT2D eigenvalue weighted by Gasteiger charge is -2.30. The lowest BCUT2D eigenvalue weighted by molar-refractivity contribution is -0.192. The molecule has 1 aromatic carbocycles. The number of carboxylic acids is 1. The zero-order chi connectivity index (χ0) is 26.6. The molecule has 5 rings (SSSR count). The summed E-state index contributed by atoms with van der Waals surface area (Å²) in [6, 6.07) is 10.4. The van der Waals surface area contributed by atoms with Gasteiger partial charge in [-0.05, 0) is 55.8 Å². The monoisotopic (exact) mass is 520 g/mol. The molecule has 1 atom stereocenters. The van der Waals surface area contributed by atoms with Crippen molar-refractivity contribution in [1.29, 1.82) is 0 Å². The number of halogens is 4. The summed E-state index contributed by atoms with van der Waals surface area (Å²) in [6.45, 7) is 2.87. The van der Waals surface area contributed by atoms with Crippen molar-refractivity contribution >= 4 is 11.6 Å². The van der Waals surface area contributed by atoms with Crippen LogP contribution in [0.25, 0.3) is 16.8 Å². The first-order valence-electron chi connectivity index (χ1n) is 11.4. The highest BCUT2D eigenvalue weighted by Gasteiger charge is 2.38. The summed E-state index contributed by atoms with van der Waals surface area (Å²) in [4.78, 5) is 16.1. The number of carboxylic acid groups (broad SMARTS) is 1. The highest BCUT2D eigenvalue weighted by Crippen LogP contribution is 2.31. The Morgan fingerprint density at radius 2 is 2.03 bits per heavy atom. The maximum absolute atomic E-state index is 13.8. The third-order valence-corrected chi connectivity index (χ3v) is 5.92. The number of methoxy groups -OCH3 is 1. The van der Waals surface area contributed by atoms with Crippen molar-refractivity contribution in [1.82, 2.24) is 19.5 Å². The van der Waals surface area contributed by atoms with Gasteiger partial charge in [0, 0.05) is 41.9 Å². The fourth-order valence-electron chi connectivity index (χ4n) is 4.19. The van der Waals surface area contributed by atoms with Gasteiger partial charge in [-0.3, -0.25) is 4.90 Å². The number of benzene rings is 1. The van der Waals surface area contributed by atoms with Crippen molar-refractivity contribution < 1.29 is 36.6 Å². The minimum Gasteiger partial charge on any atom is -0.496 e. The molecule has 0 aliphatic carbocycles. The molecule has 0 bridgehead atoms. The predicted molar refractivity (Wildman–Crippen MR) is 125 cm³/mol. The highest BCUT2D eigenvalue weighted by molar-refractivity contribution is 5.73. The highest BCUT2D eigenvalue weighted by atomic mass is 19.4. The number of hydrogen-bond acceptors (Lipinski definition) is 6. The van der Waals surface area contributed by atoms with Gasteiger partial charge in [0.25, 0.3) is 0 Å². The molecule has 0 amide bonds. The van der Waals surface area contributed by atoms with Crippen LogP contribution in [-0.2, 0) is 11.3 Å². The van der Waals surface area contributed by atoms with E-state index in [0.717, 1.165) is 49.5 Å². The van der Waals surface area contributed by atoms with Crippen molar-refractivity contribution in [2.45, 2.75) is 31.5 Å². The Morgan fingerprint density at radius 1 is 1.24 bits per heavy atom. The summed E-state index contributed by atoms with van der Waals surface area (Å²) in [5.74, 6) is -1.29. The standard InChI is InChI=1S/C23H23FN4O2.C2HF3O2/c1-29-21-6-5-19(24)11-20(21)17-4-7-22-25-23(26-28(22)14-17)18-3-2-9-27(13-18)12-16-8-10-30-15-16;3-2(4,5)1(6)7/h4-8,10-11,14-15,18H,2-3,9,12-13H2,1H3;(H,6,7). The maximum atomic E-state index is 13.8. The van der Waals surface area contributed by atoms with Crippen molar-refractivity contribution in [3.05, 3.63) is 72.3 Å². The number of rotatable bonds is 5. The summed E-state index contributed by atoms with van der Waals surface area (Å²) in [7, 11) is 1.58. The topological polar surface area (TPSA) is 93.1 Å². The molecular weight excluding hydrogens is 496 g/mol. The number of piperidine rings is 1. The Bertz CT molecular complexity index is 1350. The second-order valence-corrected chi connectivity index (χ2v) is 8.54. The van der Waals surface area contributed by atoms with Gasteiger partial charge in [-0.1, -0.05) is 0 Å². The Balaban J connectivity index is 0.000000405. The van der Waals surface area contributed by atoms with Crippen LogP contribution in [0.5, 0.6) is 5.75 Å². The molecule has 1 aliphatic rings. The number of alkyl halides is 3. The van der Waals surface area contributed by atoms with Gasteiger partial charge < -0.3 is 14.3 Å². The van der Waals surface area contributed by atoms with E-state index in [1.54, 1.807) is 30.2 Å². The third-order valence-electron chi connectivity index (χ3n) is 5.92. The van der Waals surface area contributed by atoms with Crippen LogP contribution < -0.4 is 4.74 Å². The summed E-state index contributed by atoms with van der Waals surface area (Å²) < 4.78 is 57.9. The molecule has 1 saturated heterocycles. The average molecular weight is 520 g/mol. The van der Waals surface area contributed by atoms with E-state index in [9.17, 15) is 17.6 Å². The SMILES string of the molecule is COc1ccc(F)cc1-c1ccc2nc(C3CCCN(Cc4ccoc4)C3)nn2c1.O=C(O)C(F)(F)F. The molecule has 1 unspecified atom stereocenters. The number of pyridine rings is 1. The smallest absolute Gasteiger partial charge is 0.490 e. The Labute approximate surface area is 209 Å². The van der Waals surface area contributed by atoms with Crippen molar-refractivity contribution in [3.8, 4) is 16.9 Å². The molecule has 1 aliphatic heterocycles. The molecule has 1 N–H and O–H groups in total. The van der Waals surface area contributed by atoms with Crippen molar-refractivity contribution in [2.24, 2.45) is 0 Å². The Kier molecular flexibility index (Phi) is 7.77. The zero-order valence-electron chi connectivity index (χ0n) is 19.8. The van der Waals surface area contributed by atoms with Gasteiger partial charge in [-0.2, -0.15) is 18.3 Å². The molecule has 3 aromatic heterocycles. The van der Waals surface area contributed by atoms with E-state index in [1.807, 2.05) is 24.4 Å². The zero-order valence-corrected chi connectivity index (χ0v) is 19.8. The Morgan fingerprint density at radius 3 is 2.70 bits per heavy atom. The molecule has 0 saturated carbocycles. The van der Waals surface area contributed by atoms with Crippen LogP contribution >= 0.6 is 0 Å². The molecule has 8 nitrogen and oxygen atoms in total. The lowest BCUT2D eigenvalue weighted by atomic mass is 9.97. The molecule has 4 heterocycles. The van der Waals surface area contributed by atoms with E-state index in [1.165, 1.54) is 17.7 Å². The number of aromatic nitrogens is 3. The number of fused-ring (bicyclic) bond motifs is 1. The molecule has 12 heteroatoms. The molecule has 0 spiro atoms. The van der Waals surface area contributed by atoms with E-state index in [4.69, 9.17) is 29.1 Å². The van der Waals surface area contributed by atoms with Crippen LogP contribution in [0.4, 0.5) is 17.6 Å². The van der Waals surface area contributed by atoms with Crippen LogP contribution in [0.1, 0.15) is 30.1 Å².